The van der Waals surface area contributed by atoms with Gasteiger partial charge in [0.2, 0.25) is 0 Å². The van der Waals surface area contributed by atoms with Gasteiger partial charge in [-0.05, 0) is 30.0 Å². The molecule has 0 radical (unpaired) electrons. The number of carbonyl (C=O) groups excluding carboxylic acids is 1. The van der Waals surface area contributed by atoms with Gasteiger partial charge >= 0.3 is 0 Å². The van der Waals surface area contributed by atoms with Crippen LogP contribution in [0.25, 0.3) is 5.69 Å². The van der Waals surface area contributed by atoms with Crippen molar-refractivity contribution in [2.24, 2.45) is 11.8 Å². The predicted octanol–water partition coefficient (Wildman–Crippen LogP) is 2.35. The number of hydrogen-bond donors (Lipinski definition) is 1. The molecule has 2 aliphatic heterocycles. The highest BCUT2D eigenvalue weighted by molar-refractivity contribution is 9.10. The third-order valence-corrected chi connectivity index (χ3v) is 5.07. The van der Waals surface area contributed by atoms with E-state index in [1.807, 2.05) is 35.4 Å². The number of fused-ring (bicyclic) bond motifs is 1. The summed E-state index contributed by atoms with van der Waals surface area (Å²) in [6, 6.07) is 7.87. The number of nitrogens with zero attached hydrogens (tertiary/aromatic N) is 3. The quantitative estimate of drug-likeness (QED) is 0.846. The molecule has 0 saturated carbocycles. The molecule has 122 valence electrons. The lowest BCUT2D eigenvalue weighted by Gasteiger charge is -2.16. The number of halogens is 2. The lowest BCUT2D eigenvalue weighted by atomic mass is 10.0. The van der Waals surface area contributed by atoms with Crippen molar-refractivity contribution in [1.82, 2.24) is 20.0 Å². The van der Waals surface area contributed by atoms with Gasteiger partial charge in [0, 0.05) is 36.8 Å². The summed E-state index contributed by atoms with van der Waals surface area (Å²) in [5.41, 5.74) is 1.60. The molecule has 2 atom stereocenters. The van der Waals surface area contributed by atoms with Crippen LogP contribution in [0.1, 0.15) is 10.4 Å². The maximum Gasteiger partial charge on any atom is 0.257 e. The van der Waals surface area contributed by atoms with Crippen LogP contribution >= 0.6 is 28.3 Å². The molecule has 0 spiro atoms. The average Bonchev–Trinajstić information content (AvgIpc) is 3.22. The first-order valence-corrected chi connectivity index (χ1v) is 8.30. The standard InChI is InChI=1S/C16H17BrN4O.ClH/c17-14-2-1-3-15(4-14)21-10-13(7-19-21)16(22)20-8-11-5-18-6-12(11)9-20;/h1-4,7,10-12,18H,5-6,8-9H2;1H/t11-,12+;. The van der Waals surface area contributed by atoms with Gasteiger partial charge in [0.1, 0.15) is 0 Å². The Bertz CT molecular complexity index is 708. The lowest BCUT2D eigenvalue weighted by Crippen LogP contribution is -2.31. The Morgan fingerprint density at radius 1 is 1.26 bits per heavy atom. The molecule has 1 aromatic carbocycles. The highest BCUT2D eigenvalue weighted by atomic mass is 79.9. The second-order valence-corrected chi connectivity index (χ2v) is 6.96. The molecule has 1 amide bonds. The second kappa shape index (κ2) is 6.63. The molecule has 23 heavy (non-hydrogen) atoms. The molecule has 2 aromatic rings. The van der Waals surface area contributed by atoms with Crippen molar-refractivity contribution in [3.63, 3.8) is 0 Å². The van der Waals surface area contributed by atoms with Crippen LogP contribution in [0.5, 0.6) is 0 Å². The Hall–Kier alpha value is -1.37. The number of likely N-dealkylation sites (tertiary alicyclic amines) is 1. The molecule has 1 N–H and O–H groups in total. The number of hydrogen-bond acceptors (Lipinski definition) is 3. The summed E-state index contributed by atoms with van der Waals surface area (Å²) in [6.45, 7) is 3.79. The van der Waals surface area contributed by atoms with E-state index in [0.29, 0.717) is 17.4 Å². The minimum absolute atomic E-state index is 0. The fourth-order valence-electron chi connectivity index (χ4n) is 3.40. The third-order valence-electron chi connectivity index (χ3n) is 4.58. The van der Waals surface area contributed by atoms with Crippen LogP contribution in [-0.4, -0.2) is 46.8 Å². The van der Waals surface area contributed by atoms with Crippen LogP contribution < -0.4 is 5.32 Å². The summed E-state index contributed by atoms with van der Waals surface area (Å²) in [7, 11) is 0. The monoisotopic (exact) mass is 396 g/mol. The molecular weight excluding hydrogens is 380 g/mol. The molecule has 2 saturated heterocycles. The van der Waals surface area contributed by atoms with Gasteiger partial charge in [-0.25, -0.2) is 4.68 Å². The third kappa shape index (κ3) is 3.16. The van der Waals surface area contributed by atoms with Gasteiger partial charge in [0.05, 0.1) is 17.4 Å². The Kier molecular flexibility index (Phi) is 4.75. The second-order valence-electron chi connectivity index (χ2n) is 6.04. The maximum atomic E-state index is 12.6. The van der Waals surface area contributed by atoms with E-state index < -0.39 is 0 Å². The van der Waals surface area contributed by atoms with E-state index in [1.165, 1.54) is 0 Å². The van der Waals surface area contributed by atoms with Gasteiger partial charge in [-0.1, -0.05) is 22.0 Å². The molecular formula is C16H18BrClN4O. The largest absolute Gasteiger partial charge is 0.338 e. The smallest absolute Gasteiger partial charge is 0.257 e. The summed E-state index contributed by atoms with van der Waals surface area (Å²) in [6.07, 6.45) is 3.48. The van der Waals surface area contributed by atoms with Crippen LogP contribution in [0, 0.1) is 11.8 Å². The zero-order chi connectivity index (χ0) is 15.1. The summed E-state index contributed by atoms with van der Waals surface area (Å²) in [5.74, 6) is 1.32. The topological polar surface area (TPSA) is 50.2 Å². The van der Waals surface area contributed by atoms with Crippen LogP contribution in [0.15, 0.2) is 41.1 Å². The van der Waals surface area contributed by atoms with E-state index in [0.717, 1.165) is 36.3 Å². The Morgan fingerprint density at radius 3 is 2.70 bits per heavy atom. The van der Waals surface area contributed by atoms with Crippen LogP contribution in [-0.2, 0) is 0 Å². The average molecular weight is 398 g/mol. The van der Waals surface area contributed by atoms with E-state index >= 15 is 0 Å². The van der Waals surface area contributed by atoms with Crippen molar-refractivity contribution in [2.45, 2.75) is 0 Å². The highest BCUT2D eigenvalue weighted by Gasteiger charge is 2.38. The highest BCUT2D eigenvalue weighted by Crippen LogP contribution is 2.27. The van der Waals surface area contributed by atoms with Crippen molar-refractivity contribution in [2.75, 3.05) is 26.2 Å². The van der Waals surface area contributed by atoms with Crippen molar-refractivity contribution in [3.05, 3.63) is 46.7 Å². The Morgan fingerprint density at radius 2 is 2.00 bits per heavy atom. The van der Waals surface area contributed by atoms with Crippen molar-refractivity contribution < 1.29 is 4.79 Å². The number of benzene rings is 1. The van der Waals surface area contributed by atoms with Crippen LogP contribution in [0.2, 0.25) is 0 Å². The van der Waals surface area contributed by atoms with Crippen LogP contribution in [0.3, 0.4) is 0 Å². The van der Waals surface area contributed by atoms with Crippen molar-refractivity contribution in [1.29, 1.82) is 0 Å². The van der Waals surface area contributed by atoms with Gasteiger partial charge in [-0.2, -0.15) is 5.10 Å². The van der Waals surface area contributed by atoms with E-state index in [9.17, 15) is 4.79 Å². The predicted molar refractivity (Wildman–Crippen MR) is 94.3 cm³/mol. The molecule has 0 bridgehead atoms. The SMILES string of the molecule is Cl.O=C(c1cnn(-c2cccc(Br)c2)c1)N1C[C@H]2CNC[C@H]2C1. The first kappa shape index (κ1) is 16.5. The minimum Gasteiger partial charge on any atom is -0.338 e. The number of rotatable bonds is 2. The summed E-state index contributed by atoms with van der Waals surface area (Å²) < 4.78 is 2.74. The van der Waals surface area contributed by atoms with Gasteiger partial charge in [0.25, 0.3) is 5.91 Å². The van der Waals surface area contributed by atoms with Crippen molar-refractivity contribution in [3.8, 4) is 5.69 Å². The summed E-state index contributed by atoms with van der Waals surface area (Å²) >= 11 is 3.45. The molecule has 0 aliphatic carbocycles. The number of amides is 1. The fraction of sp³-hybridized carbons (Fsp3) is 0.375. The fourth-order valence-corrected chi connectivity index (χ4v) is 3.78. The molecule has 5 nitrogen and oxygen atoms in total. The molecule has 1 aromatic heterocycles. The van der Waals surface area contributed by atoms with E-state index in [4.69, 9.17) is 0 Å². The zero-order valence-corrected chi connectivity index (χ0v) is 14.9. The van der Waals surface area contributed by atoms with E-state index in [2.05, 4.69) is 26.3 Å². The van der Waals surface area contributed by atoms with Gasteiger partial charge in [-0.3, -0.25) is 4.79 Å². The number of aromatic nitrogens is 2. The molecule has 7 heteroatoms. The Labute approximate surface area is 149 Å². The normalized spacial score (nSPS) is 22.7. The van der Waals surface area contributed by atoms with Gasteiger partial charge in [-0.15, -0.1) is 12.4 Å². The molecule has 4 rings (SSSR count). The first-order chi connectivity index (χ1) is 10.7. The van der Waals surface area contributed by atoms with Crippen molar-refractivity contribution >= 4 is 34.2 Å². The summed E-state index contributed by atoms with van der Waals surface area (Å²) in [4.78, 5) is 14.6. The number of nitrogens with one attached hydrogen (secondary N) is 1. The van der Waals surface area contributed by atoms with E-state index in [1.54, 1.807) is 10.9 Å². The lowest BCUT2D eigenvalue weighted by molar-refractivity contribution is 0.0781. The summed E-state index contributed by atoms with van der Waals surface area (Å²) in [5, 5.41) is 7.72. The Balaban J connectivity index is 0.00000156. The molecule has 2 fully saturated rings. The molecule has 0 unspecified atom stereocenters. The van der Waals surface area contributed by atoms with E-state index in [-0.39, 0.29) is 18.3 Å². The van der Waals surface area contributed by atoms with Gasteiger partial charge in [0.15, 0.2) is 0 Å². The first-order valence-electron chi connectivity index (χ1n) is 7.51. The van der Waals surface area contributed by atoms with Crippen LogP contribution in [0.4, 0.5) is 0 Å². The number of carbonyl (C=O) groups is 1. The molecule has 3 heterocycles. The zero-order valence-electron chi connectivity index (χ0n) is 12.5. The maximum absolute atomic E-state index is 12.6. The van der Waals surface area contributed by atoms with Gasteiger partial charge < -0.3 is 10.2 Å². The molecule has 2 aliphatic rings. The minimum atomic E-state index is 0.